The molecule has 1 aliphatic rings. The van der Waals surface area contributed by atoms with Gasteiger partial charge in [0.2, 0.25) is 0 Å². The molecule has 3 rings (SSSR count). The molecule has 0 aliphatic carbocycles. The second kappa shape index (κ2) is 7.75. The number of benzene rings is 2. The molecule has 1 aliphatic heterocycles. The minimum absolute atomic E-state index is 0.264. The van der Waals surface area contributed by atoms with Crippen molar-refractivity contribution in [2.75, 3.05) is 37.6 Å². The lowest BCUT2D eigenvalue weighted by Gasteiger charge is -2.37. The van der Waals surface area contributed by atoms with Crippen molar-refractivity contribution in [2.24, 2.45) is 11.5 Å². The smallest absolute Gasteiger partial charge is 0.123 e. The van der Waals surface area contributed by atoms with Crippen LogP contribution >= 0.6 is 0 Å². The van der Waals surface area contributed by atoms with E-state index < -0.39 is 0 Å². The molecule has 2 aromatic carbocycles. The summed E-state index contributed by atoms with van der Waals surface area (Å²) >= 11 is 0. The van der Waals surface area contributed by atoms with Crippen molar-refractivity contribution < 1.29 is 4.39 Å². The number of anilines is 1. The van der Waals surface area contributed by atoms with Gasteiger partial charge in [0, 0.05) is 51.0 Å². The first-order valence-electron chi connectivity index (χ1n) is 8.43. The number of hydrogen-bond acceptors (Lipinski definition) is 4. The van der Waals surface area contributed by atoms with Crippen molar-refractivity contribution in [1.82, 2.24) is 4.90 Å². The Morgan fingerprint density at radius 2 is 1.71 bits per heavy atom. The van der Waals surface area contributed by atoms with Crippen molar-refractivity contribution >= 4 is 5.69 Å². The van der Waals surface area contributed by atoms with Crippen LogP contribution in [0.2, 0.25) is 0 Å². The molecule has 0 saturated carbocycles. The molecule has 1 saturated heterocycles. The molecule has 0 spiro atoms. The van der Waals surface area contributed by atoms with Gasteiger partial charge in [0.15, 0.2) is 0 Å². The van der Waals surface area contributed by atoms with Gasteiger partial charge in [-0.05, 0) is 29.3 Å². The molecule has 4 nitrogen and oxygen atoms in total. The summed E-state index contributed by atoms with van der Waals surface area (Å²) in [6.07, 6.45) is 0. The van der Waals surface area contributed by atoms with Crippen LogP contribution in [0.25, 0.3) is 0 Å². The predicted octanol–water partition coefficient (Wildman–Crippen LogP) is 2.11. The summed E-state index contributed by atoms with van der Waals surface area (Å²) in [7, 11) is 0. The first kappa shape index (κ1) is 16.9. The van der Waals surface area contributed by atoms with E-state index in [4.69, 9.17) is 11.5 Å². The molecule has 0 amide bonds. The minimum atomic E-state index is -0.335. The van der Waals surface area contributed by atoms with E-state index in [1.165, 1.54) is 17.7 Å². The maximum Gasteiger partial charge on any atom is 0.123 e. The topological polar surface area (TPSA) is 58.5 Å². The second-order valence-corrected chi connectivity index (χ2v) is 6.29. The Morgan fingerprint density at radius 1 is 1.00 bits per heavy atom. The zero-order valence-corrected chi connectivity index (χ0v) is 13.9. The van der Waals surface area contributed by atoms with Crippen LogP contribution in [-0.4, -0.2) is 37.6 Å². The highest BCUT2D eigenvalue weighted by atomic mass is 19.1. The standard InChI is InChI=1S/C19H25FN4/c20-16-6-7-19(17(12-16)18(22)13-21)24-10-8-23(9-11-24)14-15-4-2-1-3-5-15/h1-7,12,18H,8-11,13-14,21-22H2. The van der Waals surface area contributed by atoms with E-state index in [1.54, 1.807) is 0 Å². The normalized spacial score (nSPS) is 17.0. The molecular weight excluding hydrogens is 303 g/mol. The lowest BCUT2D eigenvalue weighted by atomic mass is 10.0. The molecule has 128 valence electrons. The van der Waals surface area contributed by atoms with E-state index in [0.29, 0.717) is 6.54 Å². The fourth-order valence-corrected chi connectivity index (χ4v) is 3.23. The van der Waals surface area contributed by atoms with Gasteiger partial charge in [0.05, 0.1) is 0 Å². The average Bonchev–Trinajstić information content (AvgIpc) is 2.62. The Morgan fingerprint density at radius 3 is 2.38 bits per heavy atom. The Bertz CT molecular complexity index is 654. The van der Waals surface area contributed by atoms with E-state index in [0.717, 1.165) is 44.0 Å². The van der Waals surface area contributed by atoms with E-state index in [-0.39, 0.29) is 11.9 Å². The molecule has 1 atom stereocenters. The number of rotatable bonds is 5. The predicted molar refractivity (Wildman–Crippen MR) is 96.3 cm³/mol. The summed E-state index contributed by atoms with van der Waals surface area (Å²) in [5, 5.41) is 0. The third-order valence-corrected chi connectivity index (χ3v) is 4.60. The Balaban J connectivity index is 1.66. The van der Waals surface area contributed by atoms with E-state index >= 15 is 0 Å². The van der Waals surface area contributed by atoms with Gasteiger partial charge >= 0.3 is 0 Å². The molecule has 5 heteroatoms. The highest BCUT2D eigenvalue weighted by Gasteiger charge is 2.21. The van der Waals surface area contributed by atoms with Gasteiger partial charge < -0.3 is 16.4 Å². The van der Waals surface area contributed by atoms with Gasteiger partial charge in [0.1, 0.15) is 5.82 Å². The van der Waals surface area contributed by atoms with Crippen molar-refractivity contribution in [3.63, 3.8) is 0 Å². The highest BCUT2D eigenvalue weighted by molar-refractivity contribution is 5.55. The summed E-state index contributed by atoms with van der Waals surface area (Å²) < 4.78 is 13.6. The van der Waals surface area contributed by atoms with Crippen molar-refractivity contribution in [1.29, 1.82) is 0 Å². The maximum absolute atomic E-state index is 13.6. The van der Waals surface area contributed by atoms with Crippen molar-refractivity contribution in [2.45, 2.75) is 12.6 Å². The largest absolute Gasteiger partial charge is 0.369 e. The fourth-order valence-electron chi connectivity index (χ4n) is 3.23. The minimum Gasteiger partial charge on any atom is -0.369 e. The van der Waals surface area contributed by atoms with Gasteiger partial charge in [-0.15, -0.1) is 0 Å². The highest BCUT2D eigenvalue weighted by Crippen LogP contribution is 2.27. The summed E-state index contributed by atoms with van der Waals surface area (Å²) in [5.41, 5.74) is 14.9. The summed E-state index contributed by atoms with van der Waals surface area (Å²) in [5.74, 6) is -0.264. The van der Waals surface area contributed by atoms with Gasteiger partial charge in [0.25, 0.3) is 0 Å². The Hall–Kier alpha value is -1.95. The lowest BCUT2D eigenvalue weighted by Crippen LogP contribution is -2.46. The summed E-state index contributed by atoms with van der Waals surface area (Å²) in [6.45, 7) is 5.04. The van der Waals surface area contributed by atoms with Crippen LogP contribution in [0.5, 0.6) is 0 Å². The molecule has 0 bridgehead atoms. The van der Waals surface area contributed by atoms with Crippen LogP contribution in [0, 0.1) is 5.82 Å². The second-order valence-electron chi connectivity index (χ2n) is 6.29. The van der Waals surface area contributed by atoms with E-state index in [2.05, 4.69) is 34.1 Å². The van der Waals surface area contributed by atoms with Crippen LogP contribution < -0.4 is 16.4 Å². The summed E-state index contributed by atoms with van der Waals surface area (Å²) in [4.78, 5) is 4.73. The molecule has 2 aromatic rings. The third kappa shape index (κ3) is 3.93. The van der Waals surface area contributed by atoms with Gasteiger partial charge in [-0.2, -0.15) is 0 Å². The Kier molecular flexibility index (Phi) is 5.45. The molecule has 4 N–H and O–H groups in total. The number of piperazine rings is 1. The van der Waals surface area contributed by atoms with Crippen molar-refractivity contribution in [3.05, 3.63) is 65.5 Å². The number of nitrogens with two attached hydrogens (primary N) is 2. The third-order valence-electron chi connectivity index (χ3n) is 4.60. The quantitative estimate of drug-likeness (QED) is 0.882. The zero-order valence-electron chi connectivity index (χ0n) is 13.9. The van der Waals surface area contributed by atoms with Crippen LogP contribution in [0.15, 0.2) is 48.5 Å². The molecule has 0 aromatic heterocycles. The van der Waals surface area contributed by atoms with Gasteiger partial charge in [-0.25, -0.2) is 4.39 Å². The maximum atomic E-state index is 13.6. The fraction of sp³-hybridized carbons (Fsp3) is 0.368. The number of halogens is 1. The number of hydrogen-bond donors (Lipinski definition) is 2. The molecule has 1 unspecified atom stereocenters. The zero-order chi connectivity index (χ0) is 16.9. The molecule has 24 heavy (non-hydrogen) atoms. The lowest BCUT2D eigenvalue weighted by molar-refractivity contribution is 0.249. The van der Waals surface area contributed by atoms with Crippen LogP contribution in [0.4, 0.5) is 10.1 Å². The first-order chi connectivity index (χ1) is 11.7. The van der Waals surface area contributed by atoms with Gasteiger partial charge in [-0.1, -0.05) is 30.3 Å². The van der Waals surface area contributed by atoms with Crippen LogP contribution in [0.1, 0.15) is 17.2 Å². The Labute approximate surface area is 142 Å². The summed E-state index contributed by atoms with van der Waals surface area (Å²) in [6, 6.07) is 15.0. The molecular formula is C19H25FN4. The van der Waals surface area contributed by atoms with E-state index in [9.17, 15) is 4.39 Å². The molecule has 1 fully saturated rings. The molecule has 1 heterocycles. The molecule has 0 radical (unpaired) electrons. The van der Waals surface area contributed by atoms with Crippen molar-refractivity contribution in [3.8, 4) is 0 Å². The van der Waals surface area contributed by atoms with Crippen LogP contribution in [-0.2, 0) is 6.54 Å². The average molecular weight is 328 g/mol. The SMILES string of the molecule is NCC(N)c1cc(F)ccc1N1CCN(Cc2ccccc2)CC1. The monoisotopic (exact) mass is 328 g/mol. The van der Waals surface area contributed by atoms with E-state index in [1.807, 2.05) is 12.1 Å². The first-order valence-corrected chi connectivity index (χ1v) is 8.43. The van der Waals surface area contributed by atoms with Crippen LogP contribution in [0.3, 0.4) is 0 Å². The van der Waals surface area contributed by atoms with Gasteiger partial charge in [-0.3, -0.25) is 4.90 Å². The number of nitrogens with zero attached hydrogens (tertiary/aromatic N) is 2.